The van der Waals surface area contributed by atoms with Gasteiger partial charge in [-0.25, -0.2) is 9.36 Å². The number of hydrogen-bond donors (Lipinski definition) is 1. The first-order valence-corrected chi connectivity index (χ1v) is 12.4. The first-order chi connectivity index (χ1) is 19.3. The van der Waals surface area contributed by atoms with E-state index in [-0.39, 0.29) is 6.54 Å². The van der Waals surface area contributed by atoms with Crippen LogP contribution in [-0.4, -0.2) is 40.6 Å². The van der Waals surface area contributed by atoms with E-state index < -0.39 is 59.4 Å². The number of aromatic nitrogens is 2. The van der Waals surface area contributed by atoms with Gasteiger partial charge >= 0.3 is 17.6 Å². The lowest BCUT2D eigenvalue weighted by Gasteiger charge is -2.18. The smallest absolute Gasteiger partial charge is 0.333 e. The molecule has 0 saturated heterocycles. The minimum Gasteiger partial charge on any atom is -0.468 e. The molecule has 0 unspecified atom stereocenters. The quantitative estimate of drug-likeness (QED) is 0.238. The molecule has 0 aliphatic carbocycles. The summed E-state index contributed by atoms with van der Waals surface area (Å²) in [5.74, 6) is -3.72. The summed E-state index contributed by atoms with van der Waals surface area (Å²) in [7, 11) is 1.11. The molecule has 0 fully saturated rings. The molecule has 0 spiro atoms. The van der Waals surface area contributed by atoms with Crippen LogP contribution in [0.4, 0.5) is 5.82 Å². The van der Waals surface area contributed by atoms with E-state index in [0.717, 1.165) is 11.7 Å². The van der Waals surface area contributed by atoms with Crippen molar-refractivity contribution in [3.05, 3.63) is 134 Å². The van der Waals surface area contributed by atoms with Crippen molar-refractivity contribution in [1.29, 1.82) is 0 Å². The van der Waals surface area contributed by atoms with Crippen LogP contribution in [0.25, 0.3) is 0 Å². The van der Waals surface area contributed by atoms with Crippen molar-refractivity contribution < 1.29 is 23.9 Å². The van der Waals surface area contributed by atoms with Gasteiger partial charge in [0, 0.05) is 0 Å². The maximum Gasteiger partial charge on any atom is 0.333 e. The van der Waals surface area contributed by atoms with Gasteiger partial charge < -0.3 is 15.2 Å². The topological polar surface area (TPSA) is 140 Å². The summed E-state index contributed by atoms with van der Waals surface area (Å²) in [4.78, 5) is 64.9. The van der Waals surface area contributed by atoms with E-state index in [4.69, 9.17) is 10.5 Å². The van der Waals surface area contributed by atoms with Crippen molar-refractivity contribution in [2.24, 2.45) is 0 Å². The minimum atomic E-state index is -1.08. The number of nitrogen functional groups attached to an aromatic ring is 1. The number of benzene rings is 3. The molecule has 0 aliphatic rings. The van der Waals surface area contributed by atoms with E-state index in [1.165, 1.54) is 0 Å². The highest BCUT2D eigenvalue weighted by Crippen LogP contribution is 2.26. The largest absolute Gasteiger partial charge is 0.468 e. The monoisotopic (exact) mass is 541 g/mol. The minimum absolute atomic E-state index is 0.0723. The summed E-state index contributed by atoms with van der Waals surface area (Å²) >= 11 is 0. The molecule has 0 amide bonds. The second kappa shape index (κ2) is 12.5. The Bertz CT molecular complexity index is 1590. The third-order valence-corrected chi connectivity index (χ3v) is 6.29. The summed E-state index contributed by atoms with van der Waals surface area (Å²) in [5, 5.41) is 0. The van der Waals surface area contributed by atoms with Crippen LogP contribution >= 0.6 is 0 Å². The second-order valence-corrected chi connectivity index (χ2v) is 8.87. The molecule has 0 radical (unpaired) electrons. The van der Waals surface area contributed by atoms with Crippen LogP contribution in [0.15, 0.2) is 101 Å². The summed E-state index contributed by atoms with van der Waals surface area (Å²) in [6.45, 7) is -1.61. The SMILES string of the molecule is COC(=O)Cn1c(=O)c(C(=O)COC(=O)C(c2ccccc2)c2ccccc2)c(N)n(Cc2ccccc2)c1=O. The molecule has 10 nitrogen and oxygen atoms in total. The number of carbonyl (C=O) groups is 3. The molecule has 0 atom stereocenters. The number of carbonyl (C=O) groups excluding carboxylic acids is 3. The van der Waals surface area contributed by atoms with Crippen molar-refractivity contribution in [2.45, 2.75) is 19.0 Å². The number of ketones is 1. The summed E-state index contributed by atoms with van der Waals surface area (Å²) < 4.78 is 11.6. The van der Waals surface area contributed by atoms with E-state index in [0.29, 0.717) is 21.3 Å². The van der Waals surface area contributed by atoms with E-state index in [1.807, 2.05) is 12.1 Å². The Labute approximate surface area is 229 Å². The van der Waals surface area contributed by atoms with Crippen molar-refractivity contribution in [1.82, 2.24) is 9.13 Å². The first-order valence-electron chi connectivity index (χ1n) is 12.4. The number of methoxy groups -OCH3 is 1. The number of nitrogens with zero attached hydrogens (tertiary/aromatic N) is 2. The van der Waals surface area contributed by atoms with Crippen LogP contribution in [0.5, 0.6) is 0 Å². The normalized spacial score (nSPS) is 10.8. The van der Waals surface area contributed by atoms with Crippen molar-refractivity contribution in [3.8, 4) is 0 Å². The maximum absolute atomic E-state index is 13.3. The van der Waals surface area contributed by atoms with Gasteiger partial charge in [0.2, 0.25) is 5.78 Å². The molecule has 4 rings (SSSR count). The fraction of sp³-hybridized carbons (Fsp3) is 0.167. The Hall–Kier alpha value is -5.25. The van der Waals surface area contributed by atoms with Gasteiger partial charge in [0.15, 0.2) is 6.61 Å². The van der Waals surface area contributed by atoms with Gasteiger partial charge in [0.1, 0.15) is 23.8 Å². The molecule has 1 aromatic heterocycles. The molecule has 1 heterocycles. The van der Waals surface area contributed by atoms with Gasteiger partial charge in [-0.2, -0.15) is 0 Å². The molecule has 2 N–H and O–H groups in total. The van der Waals surface area contributed by atoms with E-state index in [9.17, 15) is 24.0 Å². The lowest BCUT2D eigenvalue weighted by Crippen LogP contribution is -2.46. The van der Waals surface area contributed by atoms with Crippen molar-refractivity contribution in [2.75, 3.05) is 19.5 Å². The Morgan fingerprint density at radius 1 is 0.800 bits per heavy atom. The maximum atomic E-state index is 13.3. The molecule has 0 saturated carbocycles. The summed E-state index contributed by atoms with van der Waals surface area (Å²) in [6, 6.07) is 26.6. The van der Waals surface area contributed by atoms with Crippen LogP contribution in [-0.2, 0) is 32.2 Å². The Morgan fingerprint density at radius 3 is 1.85 bits per heavy atom. The van der Waals surface area contributed by atoms with Crippen molar-refractivity contribution >= 4 is 23.5 Å². The number of ether oxygens (including phenoxy) is 2. The Morgan fingerprint density at radius 2 is 1.32 bits per heavy atom. The third-order valence-electron chi connectivity index (χ3n) is 6.29. The zero-order chi connectivity index (χ0) is 28.6. The highest BCUT2D eigenvalue weighted by molar-refractivity contribution is 6.01. The second-order valence-electron chi connectivity index (χ2n) is 8.87. The Kier molecular flexibility index (Phi) is 8.70. The van der Waals surface area contributed by atoms with Crippen LogP contribution in [0.1, 0.15) is 33.0 Å². The lowest BCUT2D eigenvalue weighted by atomic mass is 9.91. The van der Waals surface area contributed by atoms with Gasteiger partial charge in [0.25, 0.3) is 5.56 Å². The average Bonchev–Trinajstić information content (AvgIpc) is 2.98. The fourth-order valence-electron chi connectivity index (χ4n) is 4.28. The summed E-state index contributed by atoms with van der Waals surface area (Å²) in [6.07, 6.45) is 0. The molecule has 0 bridgehead atoms. The predicted molar refractivity (Wildman–Crippen MR) is 147 cm³/mol. The first kappa shape index (κ1) is 27.8. The average molecular weight is 542 g/mol. The van der Waals surface area contributed by atoms with Crippen molar-refractivity contribution in [3.63, 3.8) is 0 Å². The van der Waals surface area contributed by atoms with Crippen LogP contribution in [0.3, 0.4) is 0 Å². The number of Topliss-reactive ketones (excluding diaryl/α,β-unsaturated/α-hetero) is 1. The molecular weight excluding hydrogens is 514 g/mol. The zero-order valence-electron chi connectivity index (χ0n) is 21.7. The van der Waals surface area contributed by atoms with E-state index in [1.54, 1.807) is 78.9 Å². The predicted octanol–water partition coefficient (Wildman–Crippen LogP) is 2.37. The van der Waals surface area contributed by atoms with E-state index >= 15 is 0 Å². The highest BCUT2D eigenvalue weighted by Gasteiger charge is 2.28. The fourth-order valence-corrected chi connectivity index (χ4v) is 4.28. The number of esters is 2. The van der Waals surface area contributed by atoms with Crippen LogP contribution in [0, 0.1) is 0 Å². The highest BCUT2D eigenvalue weighted by atomic mass is 16.5. The number of anilines is 1. The summed E-state index contributed by atoms with van der Waals surface area (Å²) in [5.41, 5.74) is 5.62. The lowest BCUT2D eigenvalue weighted by molar-refractivity contribution is -0.143. The number of hydrogen-bond acceptors (Lipinski definition) is 8. The number of nitrogens with two attached hydrogens (primary N) is 1. The molecule has 10 heteroatoms. The number of rotatable bonds is 10. The Balaban J connectivity index is 1.68. The molecule has 40 heavy (non-hydrogen) atoms. The molecular formula is C30H27N3O7. The van der Waals surface area contributed by atoms with Gasteiger partial charge in [0.05, 0.1) is 13.7 Å². The van der Waals surface area contributed by atoms with E-state index in [2.05, 4.69) is 4.74 Å². The molecule has 4 aromatic rings. The van der Waals surface area contributed by atoms with Gasteiger partial charge in [-0.15, -0.1) is 0 Å². The van der Waals surface area contributed by atoms with Crippen LogP contribution < -0.4 is 17.0 Å². The third kappa shape index (κ3) is 6.07. The molecule has 0 aliphatic heterocycles. The molecule has 3 aromatic carbocycles. The standard InChI is InChI=1S/C30H27N3O7/c1-39-24(35)18-33-28(36)26(27(31)32(30(33)38)17-20-11-5-2-6-12-20)23(34)19-40-29(37)25(21-13-7-3-8-14-21)22-15-9-4-10-16-22/h2-16,25H,17-19,31H2,1H3. The molecule has 204 valence electrons. The van der Waals surface area contributed by atoms with Gasteiger partial charge in [-0.05, 0) is 16.7 Å². The zero-order valence-corrected chi connectivity index (χ0v) is 21.7. The van der Waals surface area contributed by atoms with Gasteiger partial charge in [-0.3, -0.25) is 23.7 Å². The van der Waals surface area contributed by atoms with Crippen LogP contribution in [0.2, 0.25) is 0 Å². The van der Waals surface area contributed by atoms with Gasteiger partial charge in [-0.1, -0.05) is 91.0 Å².